The summed E-state index contributed by atoms with van der Waals surface area (Å²) in [6, 6.07) is 13.9. The van der Waals surface area contributed by atoms with E-state index in [0.29, 0.717) is 17.5 Å². The number of esters is 1. The fourth-order valence-corrected chi connectivity index (χ4v) is 3.32. The molecule has 128 valence electrons. The van der Waals surface area contributed by atoms with Crippen LogP contribution in [0.3, 0.4) is 0 Å². The molecule has 3 rings (SSSR count). The summed E-state index contributed by atoms with van der Waals surface area (Å²) in [6.45, 7) is 0.864. The van der Waals surface area contributed by atoms with E-state index in [1.54, 1.807) is 42.5 Å². The number of phenolic OH excluding ortho intramolecular Hbond substituents is 1. The third-order valence-corrected chi connectivity index (χ3v) is 4.54. The molecule has 0 radical (unpaired) electrons. The van der Waals surface area contributed by atoms with E-state index >= 15 is 0 Å². The zero-order chi connectivity index (χ0) is 18.0. The molecular formula is C20H20N2O3. The summed E-state index contributed by atoms with van der Waals surface area (Å²) in [4.78, 5) is 14.6. The highest BCUT2D eigenvalue weighted by molar-refractivity contribution is 5.96. The molecule has 25 heavy (non-hydrogen) atoms. The second kappa shape index (κ2) is 6.58. The zero-order valence-corrected chi connectivity index (χ0v) is 14.3. The Balaban J connectivity index is 2.09. The molecule has 1 heterocycles. The van der Waals surface area contributed by atoms with Gasteiger partial charge < -0.3 is 14.7 Å². The van der Waals surface area contributed by atoms with Crippen LogP contribution in [0, 0.1) is 11.3 Å². The van der Waals surface area contributed by atoms with E-state index in [-0.39, 0.29) is 5.75 Å². The Hall–Kier alpha value is -2.84. The number of fused-ring (bicyclic) bond motifs is 1. The second-order valence-corrected chi connectivity index (χ2v) is 6.54. The Morgan fingerprint density at radius 1 is 1.20 bits per heavy atom. The van der Waals surface area contributed by atoms with E-state index in [4.69, 9.17) is 10.00 Å². The minimum absolute atomic E-state index is 0.163. The Labute approximate surface area is 147 Å². The van der Waals surface area contributed by atoms with Crippen molar-refractivity contribution in [1.82, 2.24) is 4.90 Å². The smallest absolute Gasteiger partial charge is 0.339 e. The Morgan fingerprint density at radius 3 is 2.56 bits per heavy atom. The summed E-state index contributed by atoms with van der Waals surface area (Å²) in [7, 11) is 4.00. The van der Waals surface area contributed by atoms with Crippen LogP contribution in [0.1, 0.15) is 39.9 Å². The van der Waals surface area contributed by atoms with Crippen molar-refractivity contribution >= 4 is 5.97 Å². The molecule has 1 aliphatic rings. The molecule has 0 amide bonds. The molecule has 0 saturated carbocycles. The maximum absolute atomic E-state index is 12.5. The van der Waals surface area contributed by atoms with Gasteiger partial charge >= 0.3 is 5.97 Å². The van der Waals surface area contributed by atoms with Crippen molar-refractivity contribution in [2.24, 2.45) is 0 Å². The molecule has 0 fully saturated rings. The normalized spacial score (nSPS) is 18.7. The van der Waals surface area contributed by atoms with Crippen molar-refractivity contribution in [3.05, 3.63) is 64.7 Å². The predicted octanol–water partition coefficient (Wildman–Crippen LogP) is 3.02. The van der Waals surface area contributed by atoms with Crippen molar-refractivity contribution in [3.63, 3.8) is 0 Å². The molecule has 0 spiro atoms. The molecule has 2 aromatic rings. The topological polar surface area (TPSA) is 73.6 Å². The van der Waals surface area contributed by atoms with Crippen LogP contribution in [0.5, 0.6) is 5.75 Å². The van der Waals surface area contributed by atoms with Gasteiger partial charge in [-0.15, -0.1) is 0 Å². The largest absolute Gasteiger partial charge is 0.508 e. The number of hydrogen-bond donors (Lipinski definition) is 1. The molecule has 5 heteroatoms. The van der Waals surface area contributed by atoms with E-state index in [2.05, 4.69) is 11.0 Å². The number of nitrogens with zero attached hydrogens (tertiary/aromatic N) is 2. The second-order valence-electron chi connectivity index (χ2n) is 6.54. The molecule has 1 aliphatic heterocycles. The number of carbonyl (C=O) groups is 1. The summed E-state index contributed by atoms with van der Waals surface area (Å²) in [5.41, 5.74) is 1.59. The van der Waals surface area contributed by atoms with Crippen molar-refractivity contribution in [2.45, 2.75) is 18.4 Å². The highest BCUT2D eigenvalue weighted by atomic mass is 16.6. The van der Waals surface area contributed by atoms with Gasteiger partial charge in [-0.3, -0.25) is 0 Å². The Kier molecular flexibility index (Phi) is 4.47. The third kappa shape index (κ3) is 3.09. The first-order valence-corrected chi connectivity index (χ1v) is 8.18. The monoisotopic (exact) mass is 336 g/mol. The number of benzene rings is 2. The van der Waals surface area contributed by atoms with Gasteiger partial charge in [0.25, 0.3) is 0 Å². The van der Waals surface area contributed by atoms with Gasteiger partial charge in [-0.05, 0) is 57.7 Å². The van der Waals surface area contributed by atoms with Crippen LogP contribution in [0.2, 0.25) is 0 Å². The van der Waals surface area contributed by atoms with Crippen LogP contribution in [0.25, 0.3) is 0 Å². The molecular weight excluding hydrogens is 316 g/mol. The zero-order valence-electron chi connectivity index (χ0n) is 14.3. The highest BCUT2D eigenvalue weighted by Crippen LogP contribution is 2.45. The molecule has 0 aromatic heterocycles. The minimum Gasteiger partial charge on any atom is -0.508 e. The highest BCUT2D eigenvalue weighted by Gasteiger charge is 2.46. The number of hydrogen-bond acceptors (Lipinski definition) is 5. The molecule has 0 bridgehead atoms. The number of cyclic esters (lactones) is 1. The minimum atomic E-state index is -0.885. The maximum Gasteiger partial charge on any atom is 0.339 e. The number of phenols is 1. The van der Waals surface area contributed by atoms with Crippen LogP contribution in [0.15, 0.2) is 42.5 Å². The molecule has 1 unspecified atom stereocenters. The summed E-state index contributed by atoms with van der Waals surface area (Å²) >= 11 is 0. The van der Waals surface area contributed by atoms with Gasteiger partial charge in [0.1, 0.15) is 5.75 Å². The maximum atomic E-state index is 12.5. The lowest BCUT2D eigenvalue weighted by Gasteiger charge is -2.30. The van der Waals surface area contributed by atoms with Gasteiger partial charge in [-0.2, -0.15) is 5.26 Å². The number of rotatable bonds is 5. The fraction of sp³-hybridized carbons (Fsp3) is 0.300. The van der Waals surface area contributed by atoms with Gasteiger partial charge in [-0.25, -0.2) is 4.79 Å². The van der Waals surface area contributed by atoms with Gasteiger partial charge in [0.05, 0.1) is 17.2 Å². The van der Waals surface area contributed by atoms with Gasteiger partial charge in [0, 0.05) is 11.1 Å². The van der Waals surface area contributed by atoms with E-state index in [0.717, 1.165) is 24.1 Å². The number of aromatic hydroxyl groups is 1. The first-order chi connectivity index (χ1) is 12.0. The fourth-order valence-electron chi connectivity index (χ4n) is 3.32. The Morgan fingerprint density at radius 2 is 1.92 bits per heavy atom. The van der Waals surface area contributed by atoms with Gasteiger partial charge in [0.15, 0.2) is 5.60 Å². The van der Waals surface area contributed by atoms with Crippen LogP contribution < -0.4 is 0 Å². The first kappa shape index (κ1) is 17.0. The summed E-state index contributed by atoms with van der Waals surface area (Å²) in [5, 5.41) is 18.7. The van der Waals surface area contributed by atoms with E-state index in [9.17, 15) is 9.90 Å². The van der Waals surface area contributed by atoms with Crippen LogP contribution in [0.4, 0.5) is 0 Å². The summed E-state index contributed by atoms with van der Waals surface area (Å²) in [6.07, 6.45) is 1.46. The quantitative estimate of drug-likeness (QED) is 0.850. The van der Waals surface area contributed by atoms with E-state index < -0.39 is 11.6 Å². The molecule has 1 N–H and O–H groups in total. The predicted molar refractivity (Wildman–Crippen MR) is 93.2 cm³/mol. The van der Waals surface area contributed by atoms with Crippen LogP contribution in [-0.2, 0) is 10.3 Å². The summed E-state index contributed by atoms with van der Waals surface area (Å²) < 4.78 is 5.88. The molecule has 0 aliphatic carbocycles. The number of nitriles is 1. The van der Waals surface area contributed by atoms with Gasteiger partial charge in [0.2, 0.25) is 0 Å². The third-order valence-electron chi connectivity index (χ3n) is 4.54. The standard InChI is InChI=1S/C20H20N2O3/c1-22(2)11-3-10-20(15-5-7-16(23)8-6-15)18-9-4-14(13-21)12-17(18)19(24)25-20/h4-9,12,23H,3,10-11H2,1-2H3. The SMILES string of the molecule is CN(C)CCCC1(c2ccc(O)cc2)OC(=O)c2cc(C#N)ccc21. The molecule has 0 saturated heterocycles. The Bertz CT molecular complexity index is 837. The lowest BCUT2D eigenvalue weighted by Crippen LogP contribution is -2.29. The average Bonchev–Trinajstić information content (AvgIpc) is 2.88. The van der Waals surface area contributed by atoms with Gasteiger partial charge in [-0.1, -0.05) is 18.2 Å². The van der Waals surface area contributed by atoms with Crippen LogP contribution in [-0.4, -0.2) is 36.6 Å². The first-order valence-electron chi connectivity index (χ1n) is 8.18. The summed E-state index contributed by atoms with van der Waals surface area (Å²) in [5.74, 6) is -0.249. The molecule has 5 nitrogen and oxygen atoms in total. The molecule has 1 atom stereocenters. The van der Waals surface area contributed by atoms with Crippen LogP contribution >= 0.6 is 0 Å². The lowest BCUT2D eigenvalue weighted by molar-refractivity contribution is 0.00583. The molecule has 2 aromatic carbocycles. The number of ether oxygens (including phenoxy) is 1. The van der Waals surface area contributed by atoms with Crippen molar-refractivity contribution in [3.8, 4) is 11.8 Å². The van der Waals surface area contributed by atoms with Crippen molar-refractivity contribution in [2.75, 3.05) is 20.6 Å². The van der Waals surface area contributed by atoms with Crippen molar-refractivity contribution < 1.29 is 14.6 Å². The van der Waals surface area contributed by atoms with E-state index in [1.807, 2.05) is 14.1 Å². The lowest BCUT2D eigenvalue weighted by atomic mass is 9.81. The number of carbonyl (C=O) groups excluding carboxylic acids is 1. The van der Waals surface area contributed by atoms with Crippen molar-refractivity contribution in [1.29, 1.82) is 5.26 Å². The average molecular weight is 336 g/mol. The van der Waals surface area contributed by atoms with E-state index in [1.165, 1.54) is 0 Å².